The third kappa shape index (κ3) is 4.30. The zero-order valence-corrected chi connectivity index (χ0v) is 19.3. The fourth-order valence-corrected chi connectivity index (χ4v) is 3.92. The molecule has 33 heavy (non-hydrogen) atoms. The molecule has 4 rings (SSSR count). The highest BCUT2D eigenvalue weighted by molar-refractivity contribution is 6.46. The van der Waals surface area contributed by atoms with E-state index in [0.29, 0.717) is 40.1 Å². The number of carbonyl (C=O) groups is 2. The highest BCUT2D eigenvalue weighted by Crippen LogP contribution is 2.38. The second-order valence-electron chi connectivity index (χ2n) is 7.44. The van der Waals surface area contributed by atoms with Gasteiger partial charge < -0.3 is 14.8 Å². The molecule has 0 atom stereocenters. The van der Waals surface area contributed by atoms with Gasteiger partial charge in [-0.05, 0) is 49.7 Å². The largest absolute Gasteiger partial charge is 0.495 e. The van der Waals surface area contributed by atoms with Crippen LogP contribution in [0.5, 0.6) is 11.5 Å². The SMILES string of the molecule is CCOc1ccccc1N1C(=O)C(Nc2ccc(OC)c(Cl)c2)=C(c2ccc(C)cc2)C1=O. The lowest BCUT2D eigenvalue weighted by Gasteiger charge is -2.19. The number of imide groups is 1. The Labute approximate surface area is 197 Å². The number of hydrogen-bond donors (Lipinski definition) is 1. The van der Waals surface area contributed by atoms with Crippen LogP contribution >= 0.6 is 11.6 Å². The standard InChI is InChI=1S/C26H23ClN2O4/c1-4-33-22-8-6-5-7-20(22)29-25(30)23(17-11-9-16(2)10-12-17)24(26(29)31)28-18-13-14-21(32-3)19(27)15-18/h5-15,28H,4H2,1-3H3. The Bertz CT molecular complexity index is 1250. The number of methoxy groups -OCH3 is 1. The number of rotatable bonds is 7. The number of hydrogen-bond acceptors (Lipinski definition) is 5. The molecule has 0 bridgehead atoms. The van der Waals surface area contributed by atoms with Gasteiger partial charge in [0.05, 0.1) is 30.0 Å². The molecule has 0 spiro atoms. The fourth-order valence-electron chi connectivity index (χ4n) is 3.66. The first kappa shape index (κ1) is 22.4. The number of ether oxygens (including phenoxy) is 2. The van der Waals surface area contributed by atoms with Crippen molar-refractivity contribution < 1.29 is 19.1 Å². The number of benzene rings is 3. The summed E-state index contributed by atoms with van der Waals surface area (Å²) < 4.78 is 10.9. The molecule has 0 saturated heterocycles. The van der Waals surface area contributed by atoms with Gasteiger partial charge >= 0.3 is 0 Å². The summed E-state index contributed by atoms with van der Waals surface area (Å²) in [5.41, 5.74) is 3.07. The summed E-state index contributed by atoms with van der Waals surface area (Å²) in [7, 11) is 1.53. The van der Waals surface area contributed by atoms with Gasteiger partial charge in [-0.25, -0.2) is 4.90 Å². The molecule has 1 N–H and O–H groups in total. The van der Waals surface area contributed by atoms with E-state index >= 15 is 0 Å². The number of halogens is 1. The minimum atomic E-state index is -0.477. The summed E-state index contributed by atoms with van der Waals surface area (Å²) in [6.07, 6.45) is 0. The average molecular weight is 463 g/mol. The molecular formula is C26H23ClN2O4. The predicted molar refractivity (Wildman–Crippen MR) is 130 cm³/mol. The van der Waals surface area contributed by atoms with Crippen molar-refractivity contribution in [3.8, 4) is 11.5 Å². The van der Waals surface area contributed by atoms with Gasteiger partial charge in [0.1, 0.15) is 17.2 Å². The van der Waals surface area contributed by atoms with Crippen LogP contribution in [0.25, 0.3) is 5.57 Å². The highest BCUT2D eigenvalue weighted by atomic mass is 35.5. The van der Waals surface area contributed by atoms with Crippen LogP contribution in [0.2, 0.25) is 5.02 Å². The quantitative estimate of drug-likeness (QED) is 0.473. The van der Waals surface area contributed by atoms with Crippen LogP contribution < -0.4 is 19.7 Å². The molecule has 3 aromatic carbocycles. The summed E-state index contributed by atoms with van der Waals surface area (Å²) in [5, 5.41) is 3.50. The van der Waals surface area contributed by atoms with E-state index in [2.05, 4.69) is 5.32 Å². The number of para-hydroxylation sites is 2. The van der Waals surface area contributed by atoms with E-state index in [0.717, 1.165) is 10.5 Å². The molecule has 0 fully saturated rings. The van der Waals surface area contributed by atoms with Crippen molar-refractivity contribution >= 4 is 40.4 Å². The third-order valence-corrected chi connectivity index (χ3v) is 5.55. The molecule has 168 valence electrons. The first-order valence-corrected chi connectivity index (χ1v) is 10.8. The van der Waals surface area contributed by atoms with Gasteiger partial charge in [-0.3, -0.25) is 9.59 Å². The van der Waals surface area contributed by atoms with Crippen LogP contribution in [0.3, 0.4) is 0 Å². The maximum atomic E-state index is 13.6. The predicted octanol–water partition coefficient (Wildman–Crippen LogP) is 5.45. The van der Waals surface area contributed by atoms with Crippen molar-refractivity contribution in [3.05, 3.63) is 88.6 Å². The van der Waals surface area contributed by atoms with Crippen molar-refractivity contribution in [1.82, 2.24) is 0 Å². The van der Waals surface area contributed by atoms with E-state index in [1.54, 1.807) is 42.5 Å². The van der Waals surface area contributed by atoms with Crippen LogP contribution in [0.15, 0.2) is 72.4 Å². The number of anilines is 2. The van der Waals surface area contributed by atoms with Crippen molar-refractivity contribution in [2.24, 2.45) is 0 Å². The average Bonchev–Trinajstić information content (AvgIpc) is 3.04. The molecule has 3 aromatic rings. The van der Waals surface area contributed by atoms with E-state index in [4.69, 9.17) is 21.1 Å². The van der Waals surface area contributed by atoms with E-state index < -0.39 is 11.8 Å². The van der Waals surface area contributed by atoms with Crippen LogP contribution in [0, 0.1) is 6.92 Å². The van der Waals surface area contributed by atoms with Crippen molar-refractivity contribution in [2.45, 2.75) is 13.8 Å². The smallest absolute Gasteiger partial charge is 0.282 e. The molecule has 1 aliphatic rings. The monoisotopic (exact) mass is 462 g/mol. The van der Waals surface area contributed by atoms with Crippen LogP contribution in [-0.4, -0.2) is 25.5 Å². The first-order chi connectivity index (χ1) is 15.9. The Morgan fingerprint density at radius 3 is 2.33 bits per heavy atom. The van der Waals surface area contributed by atoms with Gasteiger partial charge in [0.15, 0.2) is 0 Å². The van der Waals surface area contributed by atoms with Crippen LogP contribution in [0.4, 0.5) is 11.4 Å². The number of amides is 2. The Balaban J connectivity index is 1.82. The lowest BCUT2D eigenvalue weighted by Crippen LogP contribution is -2.32. The zero-order valence-electron chi connectivity index (χ0n) is 18.5. The van der Waals surface area contributed by atoms with Gasteiger partial charge in [0.2, 0.25) is 0 Å². The summed E-state index contributed by atoms with van der Waals surface area (Å²) in [5.74, 6) is 0.0579. The number of aryl methyl sites for hydroxylation is 1. The molecule has 7 heteroatoms. The Hall–Kier alpha value is -3.77. The Morgan fingerprint density at radius 1 is 0.939 bits per heavy atom. The molecule has 1 heterocycles. The molecule has 0 radical (unpaired) electrons. The minimum Gasteiger partial charge on any atom is -0.495 e. The second-order valence-corrected chi connectivity index (χ2v) is 7.84. The lowest BCUT2D eigenvalue weighted by molar-refractivity contribution is -0.120. The van der Waals surface area contributed by atoms with Crippen molar-refractivity contribution in [1.29, 1.82) is 0 Å². The maximum Gasteiger partial charge on any atom is 0.282 e. The topological polar surface area (TPSA) is 67.9 Å². The molecule has 1 aliphatic heterocycles. The van der Waals surface area contributed by atoms with E-state index in [1.165, 1.54) is 7.11 Å². The van der Waals surface area contributed by atoms with Gasteiger partial charge in [0, 0.05) is 5.69 Å². The zero-order chi connectivity index (χ0) is 23.5. The van der Waals surface area contributed by atoms with Gasteiger partial charge in [-0.2, -0.15) is 0 Å². The molecule has 6 nitrogen and oxygen atoms in total. The fraction of sp³-hybridized carbons (Fsp3) is 0.154. The Kier molecular flexibility index (Phi) is 6.38. The molecule has 0 aliphatic carbocycles. The second kappa shape index (κ2) is 9.38. The maximum absolute atomic E-state index is 13.6. The molecule has 0 saturated carbocycles. The normalized spacial score (nSPS) is 13.5. The highest BCUT2D eigenvalue weighted by Gasteiger charge is 2.41. The number of nitrogens with zero attached hydrogens (tertiary/aromatic N) is 1. The van der Waals surface area contributed by atoms with E-state index in [9.17, 15) is 9.59 Å². The molecule has 0 unspecified atom stereocenters. The van der Waals surface area contributed by atoms with Crippen molar-refractivity contribution in [3.63, 3.8) is 0 Å². The molecule has 2 amide bonds. The van der Waals surface area contributed by atoms with E-state index in [-0.39, 0.29) is 11.3 Å². The summed E-state index contributed by atoms with van der Waals surface area (Å²) in [6.45, 7) is 4.21. The van der Waals surface area contributed by atoms with Crippen LogP contribution in [-0.2, 0) is 9.59 Å². The Morgan fingerprint density at radius 2 is 1.67 bits per heavy atom. The van der Waals surface area contributed by atoms with Gasteiger partial charge in [-0.15, -0.1) is 0 Å². The number of carbonyl (C=O) groups excluding carboxylic acids is 2. The van der Waals surface area contributed by atoms with Crippen molar-refractivity contribution in [2.75, 3.05) is 23.9 Å². The van der Waals surface area contributed by atoms with E-state index in [1.807, 2.05) is 38.1 Å². The third-order valence-electron chi connectivity index (χ3n) is 5.25. The number of nitrogens with one attached hydrogen (secondary N) is 1. The lowest BCUT2D eigenvalue weighted by atomic mass is 10.0. The molecule has 0 aromatic heterocycles. The summed E-state index contributed by atoms with van der Waals surface area (Å²) >= 11 is 6.27. The molecular weight excluding hydrogens is 440 g/mol. The first-order valence-electron chi connectivity index (χ1n) is 10.5. The van der Waals surface area contributed by atoms with Crippen LogP contribution in [0.1, 0.15) is 18.1 Å². The minimum absolute atomic E-state index is 0.163. The summed E-state index contributed by atoms with van der Waals surface area (Å²) in [4.78, 5) is 28.4. The summed E-state index contributed by atoms with van der Waals surface area (Å²) in [6, 6.07) is 19.5. The van der Waals surface area contributed by atoms with Gasteiger partial charge in [-0.1, -0.05) is 53.6 Å². The van der Waals surface area contributed by atoms with Gasteiger partial charge in [0.25, 0.3) is 11.8 Å².